The molecule has 0 aliphatic carbocycles. The first kappa shape index (κ1) is 47.9. The quantitative estimate of drug-likeness (QED) is 0.0564. The van der Waals surface area contributed by atoms with Crippen LogP contribution in [0.3, 0.4) is 0 Å². The Morgan fingerprint density at radius 2 is 1.41 bits per heavy atom. The number of aryl methyl sites for hydroxylation is 5. The number of carboxylic acids is 1. The van der Waals surface area contributed by atoms with Gasteiger partial charge in [0, 0.05) is 107 Å². The van der Waals surface area contributed by atoms with Gasteiger partial charge >= 0.3 is 5.97 Å². The Kier molecular flexibility index (Phi) is 17.8. The van der Waals surface area contributed by atoms with Gasteiger partial charge in [0.05, 0.1) is 11.4 Å². The number of aromatic hydroxyl groups is 2. The molecule has 0 radical (unpaired) electrons. The molecule has 5 N–H and O–H groups in total. The lowest BCUT2D eigenvalue weighted by Gasteiger charge is -2.35. The van der Waals surface area contributed by atoms with Gasteiger partial charge in [0.1, 0.15) is 23.1 Å². The summed E-state index contributed by atoms with van der Waals surface area (Å²) >= 11 is 0. The van der Waals surface area contributed by atoms with Crippen LogP contribution in [-0.2, 0) is 43.6 Å². The van der Waals surface area contributed by atoms with Crippen LogP contribution in [-0.4, -0.2) is 102 Å². The minimum absolute atomic E-state index is 0.199. The van der Waals surface area contributed by atoms with Crippen LogP contribution in [0.4, 0.5) is 0 Å². The number of carboxylic acid groups (broad SMARTS) is 1. The van der Waals surface area contributed by atoms with Gasteiger partial charge in [-0.05, 0) is 122 Å². The van der Waals surface area contributed by atoms with Gasteiger partial charge in [-0.3, -0.25) is 14.6 Å². The molecule has 8 rings (SSSR count). The van der Waals surface area contributed by atoms with Crippen molar-refractivity contribution >= 4 is 5.97 Å². The Hall–Kier alpha value is -6.05. The van der Waals surface area contributed by atoms with Gasteiger partial charge in [0.2, 0.25) is 0 Å². The van der Waals surface area contributed by atoms with E-state index in [1.54, 1.807) is 24.3 Å². The molecule has 2 aromatic heterocycles. The first-order chi connectivity index (χ1) is 32.2. The summed E-state index contributed by atoms with van der Waals surface area (Å²) in [7, 11) is 0. The summed E-state index contributed by atoms with van der Waals surface area (Å²) in [5, 5.41) is 35.0. The van der Waals surface area contributed by atoms with Gasteiger partial charge in [-0.25, -0.2) is 19.9 Å². The van der Waals surface area contributed by atoms with Crippen molar-refractivity contribution in [2.24, 2.45) is 0 Å². The molecule has 0 amide bonds. The molecule has 2 aliphatic rings. The SMILES string of the molecule is CCC1CNCCN1Cc1ccc(C)c(-c2ccnc(CCCc3ccc(O)cc3)n2)c1.O=C(O)CCC1CN(Cc2cccc(-c3ccnc(CCCc4cccc(O)c4)n3)c2)CCN1. The maximum Gasteiger partial charge on any atom is 0.303 e. The van der Waals surface area contributed by atoms with Gasteiger partial charge in [0.25, 0.3) is 0 Å². The maximum absolute atomic E-state index is 10.9. The predicted octanol–water partition coefficient (Wildman–Crippen LogP) is 8.18. The second-order valence-corrected chi connectivity index (χ2v) is 17.7. The zero-order chi connectivity index (χ0) is 46.1. The lowest BCUT2D eigenvalue weighted by atomic mass is 10.0. The summed E-state index contributed by atoms with van der Waals surface area (Å²) in [6, 6.07) is 34.9. The van der Waals surface area contributed by atoms with Crippen molar-refractivity contribution in [3.05, 3.63) is 155 Å². The van der Waals surface area contributed by atoms with Gasteiger partial charge < -0.3 is 26.0 Å². The molecule has 2 aliphatic heterocycles. The number of piperazine rings is 2. The molecule has 2 saturated heterocycles. The molecule has 6 aromatic rings. The van der Waals surface area contributed by atoms with Crippen LogP contribution in [0.2, 0.25) is 0 Å². The summed E-state index contributed by atoms with van der Waals surface area (Å²) in [5.74, 6) is 1.58. The van der Waals surface area contributed by atoms with E-state index >= 15 is 0 Å². The summed E-state index contributed by atoms with van der Waals surface area (Å²) < 4.78 is 0. The van der Waals surface area contributed by atoms with E-state index in [0.717, 1.165) is 125 Å². The number of carbonyl (C=O) groups is 1. The van der Waals surface area contributed by atoms with E-state index in [1.807, 2.05) is 48.8 Å². The molecule has 2 unspecified atom stereocenters. The highest BCUT2D eigenvalue weighted by atomic mass is 16.4. The number of benzene rings is 4. The highest BCUT2D eigenvalue weighted by Gasteiger charge is 2.22. The van der Waals surface area contributed by atoms with E-state index < -0.39 is 5.97 Å². The second kappa shape index (κ2) is 24.5. The van der Waals surface area contributed by atoms with Crippen LogP contribution in [0.15, 0.2) is 116 Å². The molecule has 4 aromatic carbocycles. The minimum Gasteiger partial charge on any atom is -0.508 e. The molecule has 2 atom stereocenters. The fourth-order valence-electron chi connectivity index (χ4n) is 8.93. The molecular formula is C54H66N8O4. The first-order valence-electron chi connectivity index (χ1n) is 23.7. The zero-order valence-electron chi connectivity index (χ0n) is 38.6. The van der Waals surface area contributed by atoms with Crippen LogP contribution >= 0.6 is 0 Å². The molecule has 4 heterocycles. The van der Waals surface area contributed by atoms with Crippen molar-refractivity contribution in [2.75, 3.05) is 39.3 Å². The van der Waals surface area contributed by atoms with Crippen molar-refractivity contribution in [1.82, 2.24) is 40.4 Å². The fraction of sp³-hybridized carbons (Fsp3) is 0.389. The van der Waals surface area contributed by atoms with Crippen LogP contribution in [0.25, 0.3) is 22.5 Å². The standard InChI is InChI=1S/C27H32N4O3.C27H34N4O/c32-24-8-2-4-20(17-24)5-3-9-26-29-13-12-25(30-26)22-7-1-6-21(16-22)18-31-15-14-28-23(19-31)10-11-27(33)34;1-3-23-18-28-15-16-31(23)19-22-8-7-20(2)25(17-22)26-13-14-29-27(30-26)6-4-5-21-9-11-24(32)12-10-21/h1-2,4,6-8,12-13,16-17,23,28,32H,3,5,9-11,14-15,18-19H2,(H,33,34);7-14,17,23,28,32H,3-6,15-16,18-19H2,1-2H3. The number of phenols is 2. The molecule has 346 valence electrons. The Balaban J connectivity index is 0.000000197. The Morgan fingerprint density at radius 1 is 0.712 bits per heavy atom. The number of rotatable bonds is 18. The predicted molar refractivity (Wildman–Crippen MR) is 261 cm³/mol. The zero-order valence-corrected chi connectivity index (χ0v) is 38.6. The Morgan fingerprint density at radius 3 is 2.17 bits per heavy atom. The number of phenolic OH excluding ortho intramolecular Hbond substituents is 2. The van der Waals surface area contributed by atoms with Gasteiger partial charge in [0.15, 0.2) is 0 Å². The van der Waals surface area contributed by atoms with Crippen molar-refractivity contribution in [2.45, 2.75) is 96.8 Å². The fourth-order valence-corrected chi connectivity index (χ4v) is 8.93. The largest absolute Gasteiger partial charge is 0.508 e. The number of nitrogens with zero attached hydrogens (tertiary/aromatic N) is 6. The van der Waals surface area contributed by atoms with E-state index in [2.05, 4.69) is 86.7 Å². The van der Waals surface area contributed by atoms with E-state index in [9.17, 15) is 15.0 Å². The highest BCUT2D eigenvalue weighted by Crippen LogP contribution is 2.26. The summed E-state index contributed by atoms with van der Waals surface area (Å²) in [5.41, 5.74) is 10.4. The number of hydrogen-bond donors (Lipinski definition) is 5. The van der Waals surface area contributed by atoms with Crippen LogP contribution in [0, 0.1) is 6.92 Å². The van der Waals surface area contributed by atoms with Crippen LogP contribution < -0.4 is 10.6 Å². The van der Waals surface area contributed by atoms with Crippen LogP contribution in [0.1, 0.15) is 78.5 Å². The van der Waals surface area contributed by atoms with Crippen molar-refractivity contribution in [1.29, 1.82) is 0 Å². The van der Waals surface area contributed by atoms with Gasteiger partial charge in [-0.15, -0.1) is 0 Å². The molecule has 0 saturated carbocycles. The van der Waals surface area contributed by atoms with Crippen molar-refractivity contribution in [3.63, 3.8) is 0 Å². The average molecular weight is 891 g/mol. The molecule has 2 fully saturated rings. The van der Waals surface area contributed by atoms with E-state index in [-0.39, 0.29) is 12.5 Å². The minimum atomic E-state index is -0.741. The molecular weight excluding hydrogens is 825 g/mol. The molecule has 12 heteroatoms. The smallest absolute Gasteiger partial charge is 0.303 e. The van der Waals surface area contributed by atoms with E-state index in [0.29, 0.717) is 24.0 Å². The third-order valence-electron chi connectivity index (χ3n) is 12.6. The number of hydrogen-bond acceptors (Lipinski definition) is 11. The monoisotopic (exact) mass is 891 g/mol. The van der Waals surface area contributed by atoms with Gasteiger partial charge in [-0.2, -0.15) is 0 Å². The number of aliphatic carboxylic acids is 1. The number of nitrogens with one attached hydrogen (secondary N) is 2. The summed E-state index contributed by atoms with van der Waals surface area (Å²) in [6.45, 7) is 12.2. The highest BCUT2D eigenvalue weighted by molar-refractivity contribution is 5.66. The van der Waals surface area contributed by atoms with Crippen molar-refractivity contribution in [3.8, 4) is 34.0 Å². The molecule has 12 nitrogen and oxygen atoms in total. The van der Waals surface area contributed by atoms with E-state index in [4.69, 9.17) is 15.1 Å². The van der Waals surface area contributed by atoms with Gasteiger partial charge in [-0.1, -0.05) is 61.5 Å². The third kappa shape index (κ3) is 14.7. The van der Waals surface area contributed by atoms with E-state index in [1.165, 1.54) is 34.2 Å². The second-order valence-electron chi connectivity index (χ2n) is 17.7. The average Bonchev–Trinajstić information content (AvgIpc) is 3.33. The molecule has 66 heavy (non-hydrogen) atoms. The normalized spacial score (nSPS) is 16.6. The summed E-state index contributed by atoms with van der Waals surface area (Å²) in [6.07, 6.45) is 11.1. The molecule has 0 spiro atoms. The lowest BCUT2D eigenvalue weighted by Crippen LogP contribution is -2.50. The Labute approximate surface area is 390 Å². The molecule has 0 bridgehead atoms. The maximum atomic E-state index is 10.9. The van der Waals surface area contributed by atoms with Crippen LogP contribution in [0.5, 0.6) is 11.5 Å². The topological polar surface area (TPSA) is 160 Å². The summed E-state index contributed by atoms with van der Waals surface area (Å²) in [4.78, 5) is 34.5. The Bertz CT molecular complexity index is 2460. The number of aromatic nitrogens is 4. The third-order valence-corrected chi connectivity index (χ3v) is 12.6. The lowest BCUT2D eigenvalue weighted by molar-refractivity contribution is -0.137. The van der Waals surface area contributed by atoms with Crippen molar-refractivity contribution < 1.29 is 20.1 Å². The first-order valence-corrected chi connectivity index (χ1v) is 23.7.